The van der Waals surface area contributed by atoms with Crippen LogP contribution in [0.3, 0.4) is 0 Å². The number of benzene rings is 2. The van der Waals surface area contributed by atoms with E-state index in [1.165, 1.54) is 16.6 Å². The minimum Gasteiger partial charge on any atom is -0.305 e. The Balaban J connectivity index is 2.08. The normalized spacial score (nSPS) is 11.4. The quantitative estimate of drug-likeness (QED) is 0.568. The highest BCUT2D eigenvalue weighted by atomic mass is 79.9. The van der Waals surface area contributed by atoms with Crippen LogP contribution in [0.4, 0.5) is 4.39 Å². The third-order valence-electron chi connectivity index (χ3n) is 3.38. The lowest BCUT2D eigenvalue weighted by Gasteiger charge is -2.00. The second-order valence-corrected chi connectivity index (χ2v) is 5.62. The molecule has 0 aliphatic heterocycles. The van der Waals surface area contributed by atoms with Gasteiger partial charge in [-0.2, -0.15) is 4.52 Å². The Morgan fingerprint density at radius 3 is 2.68 bits per heavy atom. The van der Waals surface area contributed by atoms with Crippen LogP contribution < -0.4 is 5.69 Å². The molecular formula is C15H8BrFN4O. The van der Waals surface area contributed by atoms with Crippen LogP contribution in [-0.2, 0) is 0 Å². The van der Waals surface area contributed by atoms with Crippen molar-refractivity contribution in [3.63, 3.8) is 0 Å². The maximum absolute atomic E-state index is 13.0. The predicted molar refractivity (Wildman–Crippen MR) is 84.2 cm³/mol. The van der Waals surface area contributed by atoms with Crippen molar-refractivity contribution in [2.45, 2.75) is 0 Å². The van der Waals surface area contributed by atoms with Crippen molar-refractivity contribution in [1.29, 1.82) is 0 Å². The van der Waals surface area contributed by atoms with Crippen molar-refractivity contribution in [2.24, 2.45) is 0 Å². The van der Waals surface area contributed by atoms with E-state index in [2.05, 4.69) is 31.0 Å². The van der Waals surface area contributed by atoms with E-state index < -0.39 is 0 Å². The summed E-state index contributed by atoms with van der Waals surface area (Å²) in [6, 6.07) is 11.3. The fraction of sp³-hybridized carbons (Fsp3) is 0. The molecule has 2 heterocycles. The van der Waals surface area contributed by atoms with E-state index in [1.54, 1.807) is 18.2 Å². The van der Waals surface area contributed by atoms with Crippen molar-refractivity contribution in [3.05, 3.63) is 63.2 Å². The van der Waals surface area contributed by atoms with E-state index in [1.807, 2.05) is 12.1 Å². The molecule has 4 rings (SSSR count). The van der Waals surface area contributed by atoms with Gasteiger partial charge in [0.2, 0.25) is 0 Å². The first kappa shape index (κ1) is 13.1. The fourth-order valence-corrected chi connectivity index (χ4v) is 2.90. The lowest BCUT2D eigenvalue weighted by atomic mass is 10.2. The van der Waals surface area contributed by atoms with Crippen molar-refractivity contribution >= 4 is 32.5 Å². The van der Waals surface area contributed by atoms with Gasteiger partial charge in [-0.15, -0.1) is 5.10 Å². The molecule has 22 heavy (non-hydrogen) atoms. The summed E-state index contributed by atoms with van der Waals surface area (Å²) in [6.45, 7) is 0. The number of halogens is 2. The molecule has 0 bridgehead atoms. The Kier molecular flexibility index (Phi) is 2.83. The fourth-order valence-electron chi connectivity index (χ4n) is 2.36. The molecule has 0 saturated carbocycles. The van der Waals surface area contributed by atoms with Crippen LogP contribution in [0, 0.1) is 5.82 Å². The number of aromatic amines is 1. The van der Waals surface area contributed by atoms with Gasteiger partial charge in [0.25, 0.3) is 0 Å². The molecule has 1 N–H and O–H groups in total. The zero-order valence-corrected chi connectivity index (χ0v) is 12.6. The molecule has 0 fully saturated rings. The Morgan fingerprint density at radius 2 is 1.91 bits per heavy atom. The average molecular weight is 359 g/mol. The van der Waals surface area contributed by atoms with Gasteiger partial charge in [0.05, 0.1) is 10.9 Å². The van der Waals surface area contributed by atoms with E-state index in [0.29, 0.717) is 22.6 Å². The molecule has 0 unspecified atom stereocenters. The van der Waals surface area contributed by atoms with Gasteiger partial charge in [0.1, 0.15) is 5.82 Å². The second-order valence-electron chi connectivity index (χ2n) is 4.77. The number of rotatable bonds is 1. The molecular weight excluding hydrogens is 351 g/mol. The van der Waals surface area contributed by atoms with E-state index in [0.717, 1.165) is 9.86 Å². The van der Waals surface area contributed by atoms with E-state index >= 15 is 0 Å². The van der Waals surface area contributed by atoms with Crippen molar-refractivity contribution < 1.29 is 4.39 Å². The number of nitrogens with one attached hydrogen (secondary N) is 1. The SMILES string of the molecule is O=c1[nH]c2cccc(Br)c2c2nc(-c3ccc(F)cc3)nn12. The van der Waals surface area contributed by atoms with Gasteiger partial charge in [0.15, 0.2) is 11.5 Å². The minimum absolute atomic E-state index is 0.335. The summed E-state index contributed by atoms with van der Waals surface area (Å²) in [6.07, 6.45) is 0. The highest BCUT2D eigenvalue weighted by Crippen LogP contribution is 2.26. The van der Waals surface area contributed by atoms with Crippen LogP contribution in [-0.4, -0.2) is 19.6 Å². The van der Waals surface area contributed by atoms with Crippen LogP contribution in [0.25, 0.3) is 27.9 Å². The molecule has 2 aromatic carbocycles. The maximum atomic E-state index is 13.0. The summed E-state index contributed by atoms with van der Waals surface area (Å²) in [7, 11) is 0. The molecule has 5 nitrogen and oxygen atoms in total. The third-order valence-corrected chi connectivity index (χ3v) is 4.04. The van der Waals surface area contributed by atoms with Gasteiger partial charge in [-0.25, -0.2) is 14.2 Å². The van der Waals surface area contributed by atoms with Gasteiger partial charge in [-0.05, 0) is 52.3 Å². The molecule has 0 saturated heterocycles. The van der Waals surface area contributed by atoms with E-state index in [9.17, 15) is 9.18 Å². The van der Waals surface area contributed by atoms with Crippen LogP contribution in [0.1, 0.15) is 0 Å². The maximum Gasteiger partial charge on any atom is 0.348 e. The highest BCUT2D eigenvalue weighted by Gasteiger charge is 2.14. The monoisotopic (exact) mass is 358 g/mol. The molecule has 0 aliphatic carbocycles. The second kappa shape index (κ2) is 4.74. The zero-order valence-electron chi connectivity index (χ0n) is 11.0. The largest absolute Gasteiger partial charge is 0.348 e. The van der Waals surface area contributed by atoms with Crippen LogP contribution in [0.15, 0.2) is 51.7 Å². The van der Waals surface area contributed by atoms with Crippen molar-refractivity contribution in [2.75, 3.05) is 0 Å². The van der Waals surface area contributed by atoms with Gasteiger partial charge in [-0.1, -0.05) is 6.07 Å². The lowest BCUT2D eigenvalue weighted by Crippen LogP contribution is -2.17. The van der Waals surface area contributed by atoms with Gasteiger partial charge in [-0.3, -0.25) is 0 Å². The number of hydrogen-bond acceptors (Lipinski definition) is 3. The number of fused-ring (bicyclic) bond motifs is 3. The van der Waals surface area contributed by atoms with Crippen molar-refractivity contribution in [1.82, 2.24) is 19.6 Å². The smallest absolute Gasteiger partial charge is 0.305 e. The Morgan fingerprint density at radius 1 is 1.14 bits per heavy atom. The van der Waals surface area contributed by atoms with Crippen LogP contribution in [0.5, 0.6) is 0 Å². The summed E-state index contributed by atoms with van der Waals surface area (Å²) >= 11 is 3.46. The van der Waals surface area contributed by atoms with E-state index in [-0.39, 0.29) is 11.5 Å². The standard InChI is InChI=1S/C15H8BrFN4O/c16-10-2-1-3-11-12(10)14-19-13(20-21(14)15(22)18-11)8-4-6-9(17)7-5-8/h1-7H,(H,18,22). The summed E-state index contributed by atoms with van der Waals surface area (Å²) in [5.41, 5.74) is 1.39. The molecule has 0 atom stereocenters. The van der Waals surface area contributed by atoms with Gasteiger partial charge < -0.3 is 4.98 Å². The molecule has 7 heteroatoms. The Labute approximate surface area is 131 Å². The van der Waals surface area contributed by atoms with Crippen LogP contribution in [0.2, 0.25) is 0 Å². The molecule has 0 amide bonds. The third kappa shape index (κ3) is 1.93. The topological polar surface area (TPSA) is 63.0 Å². The first-order chi connectivity index (χ1) is 10.6. The minimum atomic E-state index is -0.374. The molecule has 0 aliphatic rings. The molecule has 0 spiro atoms. The molecule has 108 valence electrons. The summed E-state index contributed by atoms with van der Waals surface area (Å²) in [5, 5.41) is 4.99. The first-order valence-electron chi connectivity index (χ1n) is 6.47. The number of aromatic nitrogens is 4. The summed E-state index contributed by atoms with van der Waals surface area (Å²) < 4.78 is 15.0. The Bertz CT molecular complexity index is 1070. The van der Waals surface area contributed by atoms with Crippen molar-refractivity contribution in [3.8, 4) is 11.4 Å². The van der Waals surface area contributed by atoms with Crippen LogP contribution >= 0.6 is 15.9 Å². The number of nitrogens with zero attached hydrogens (tertiary/aromatic N) is 3. The van der Waals surface area contributed by atoms with E-state index in [4.69, 9.17) is 0 Å². The average Bonchev–Trinajstić information content (AvgIpc) is 2.93. The zero-order chi connectivity index (χ0) is 15.3. The summed E-state index contributed by atoms with van der Waals surface area (Å²) in [4.78, 5) is 19.3. The summed E-state index contributed by atoms with van der Waals surface area (Å²) in [5.74, 6) is 0.0345. The molecule has 2 aromatic heterocycles. The number of hydrogen-bond donors (Lipinski definition) is 1. The molecule has 4 aromatic rings. The van der Waals surface area contributed by atoms with Gasteiger partial charge >= 0.3 is 5.69 Å². The van der Waals surface area contributed by atoms with Gasteiger partial charge in [0, 0.05) is 10.0 Å². The Hall–Kier alpha value is -2.54. The number of H-pyrrole nitrogens is 1. The lowest BCUT2D eigenvalue weighted by molar-refractivity contribution is 0.628. The highest BCUT2D eigenvalue weighted by molar-refractivity contribution is 9.10. The predicted octanol–water partition coefficient (Wildman–Crippen LogP) is 3.14. The molecule has 0 radical (unpaired) electrons. The first-order valence-corrected chi connectivity index (χ1v) is 7.26.